The van der Waals surface area contributed by atoms with Gasteiger partial charge < -0.3 is 10.5 Å². The van der Waals surface area contributed by atoms with Crippen molar-refractivity contribution >= 4 is 0 Å². The van der Waals surface area contributed by atoms with Gasteiger partial charge in [-0.15, -0.1) is 0 Å². The molecule has 1 aliphatic rings. The molecule has 0 aromatic carbocycles. The average molecular weight is 129 g/mol. The first kappa shape index (κ1) is 7.03. The van der Waals surface area contributed by atoms with Gasteiger partial charge in [-0.05, 0) is 20.3 Å². The van der Waals surface area contributed by atoms with Crippen molar-refractivity contribution in [2.45, 2.75) is 32.4 Å². The Bertz CT molecular complexity index is 94.9. The van der Waals surface area contributed by atoms with E-state index in [9.17, 15) is 0 Å². The summed E-state index contributed by atoms with van der Waals surface area (Å²) >= 11 is 0. The summed E-state index contributed by atoms with van der Waals surface area (Å²) in [7, 11) is 0. The molecule has 2 nitrogen and oxygen atoms in total. The quantitative estimate of drug-likeness (QED) is 0.610. The number of hydrogen-bond acceptors (Lipinski definition) is 2. The molecule has 1 fully saturated rings. The molecule has 0 amide bonds. The lowest BCUT2D eigenvalue weighted by Gasteiger charge is -2.08. The van der Waals surface area contributed by atoms with Crippen LogP contribution in [0.2, 0.25) is 0 Å². The standard InChI is InChI=1S/C7H15NO/c1-3-9-5(2)6-4-7(6)8/h5-7H,3-4,8H2,1-2H3. The summed E-state index contributed by atoms with van der Waals surface area (Å²) in [5.74, 6) is 0.643. The minimum atomic E-state index is 0.380. The van der Waals surface area contributed by atoms with E-state index in [1.807, 2.05) is 6.92 Å². The third-order valence-corrected chi connectivity index (χ3v) is 1.92. The van der Waals surface area contributed by atoms with Crippen LogP contribution in [0.5, 0.6) is 0 Å². The second-order valence-electron chi connectivity index (χ2n) is 2.72. The topological polar surface area (TPSA) is 35.2 Å². The van der Waals surface area contributed by atoms with E-state index in [0.29, 0.717) is 18.1 Å². The second kappa shape index (κ2) is 2.67. The zero-order chi connectivity index (χ0) is 6.85. The normalized spacial score (nSPS) is 36.3. The van der Waals surface area contributed by atoms with Crippen LogP contribution in [0, 0.1) is 5.92 Å². The molecule has 3 unspecified atom stereocenters. The van der Waals surface area contributed by atoms with Crippen LogP contribution >= 0.6 is 0 Å². The van der Waals surface area contributed by atoms with Gasteiger partial charge in [-0.3, -0.25) is 0 Å². The van der Waals surface area contributed by atoms with Crippen LogP contribution in [0.1, 0.15) is 20.3 Å². The van der Waals surface area contributed by atoms with Gasteiger partial charge in [0.25, 0.3) is 0 Å². The van der Waals surface area contributed by atoms with Crippen molar-refractivity contribution in [3.63, 3.8) is 0 Å². The first-order chi connectivity index (χ1) is 4.25. The maximum atomic E-state index is 5.62. The molecule has 0 aliphatic heterocycles. The molecule has 0 saturated heterocycles. The van der Waals surface area contributed by atoms with Crippen LogP contribution in [0.3, 0.4) is 0 Å². The van der Waals surface area contributed by atoms with Crippen molar-refractivity contribution in [2.75, 3.05) is 6.61 Å². The second-order valence-corrected chi connectivity index (χ2v) is 2.72. The first-order valence-corrected chi connectivity index (χ1v) is 3.63. The van der Waals surface area contributed by atoms with Crippen LogP contribution < -0.4 is 5.73 Å². The summed E-state index contributed by atoms with van der Waals surface area (Å²) in [5.41, 5.74) is 5.62. The Hall–Kier alpha value is -0.0800. The maximum Gasteiger partial charge on any atom is 0.0590 e. The lowest BCUT2D eigenvalue weighted by atomic mass is 10.2. The van der Waals surface area contributed by atoms with Gasteiger partial charge in [-0.1, -0.05) is 0 Å². The van der Waals surface area contributed by atoms with Gasteiger partial charge in [-0.2, -0.15) is 0 Å². The lowest BCUT2D eigenvalue weighted by Crippen LogP contribution is -2.16. The first-order valence-electron chi connectivity index (χ1n) is 3.63. The van der Waals surface area contributed by atoms with Crippen LogP contribution in [-0.2, 0) is 4.74 Å². The molecule has 0 aromatic heterocycles. The van der Waals surface area contributed by atoms with E-state index in [1.165, 1.54) is 0 Å². The predicted octanol–water partition coefficient (Wildman–Crippen LogP) is 0.759. The van der Waals surface area contributed by atoms with Gasteiger partial charge in [0.05, 0.1) is 6.10 Å². The van der Waals surface area contributed by atoms with Crippen molar-refractivity contribution in [1.29, 1.82) is 0 Å². The molecule has 1 aliphatic carbocycles. The summed E-state index contributed by atoms with van der Waals surface area (Å²) in [6.07, 6.45) is 1.53. The number of hydrogen-bond donors (Lipinski definition) is 1. The summed E-state index contributed by atoms with van der Waals surface area (Å²) < 4.78 is 5.36. The highest BCUT2D eigenvalue weighted by Crippen LogP contribution is 2.32. The third kappa shape index (κ3) is 1.66. The van der Waals surface area contributed by atoms with E-state index in [2.05, 4.69) is 6.92 Å². The molecule has 3 atom stereocenters. The minimum absolute atomic E-state index is 0.380. The summed E-state index contributed by atoms with van der Waals surface area (Å²) in [4.78, 5) is 0. The molecule has 9 heavy (non-hydrogen) atoms. The molecule has 2 heteroatoms. The number of nitrogens with two attached hydrogens (primary N) is 1. The Kier molecular flexibility index (Phi) is 2.09. The molecule has 2 N–H and O–H groups in total. The average Bonchev–Trinajstić information content (AvgIpc) is 2.47. The zero-order valence-electron chi connectivity index (χ0n) is 6.13. The number of ether oxygens (including phenoxy) is 1. The summed E-state index contributed by atoms with van der Waals surface area (Å²) in [6.45, 7) is 4.93. The molecule has 0 radical (unpaired) electrons. The van der Waals surface area contributed by atoms with E-state index in [4.69, 9.17) is 10.5 Å². The Labute approximate surface area is 56.4 Å². The van der Waals surface area contributed by atoms with E-state index < -0.39 is 0 Å². The van der Waals surface area contributed by atoms with E-state index in [0.717, 1.165) is 13.0 Å². The summed E-state index contributed by atoms with van der Waals surface area (Å²) in [6, 6.07) is 0.423. The van der Waals surface area contributed by atoms with Crippen molar-refractivity contribution in [1.82, 2.24) is 0 Å². The van der Waals surface area contributed by atoms with Gasteiger partial charge in [0.2, 0.25) is 0 Å². The van der Waals surface area contributed by atoms with E-state index >= 15 is 0 Å². The fourth-order valence-electron chi connectivity index (χ4n) is 1.16. The van der Waals surface area contributed by atoms with E-state index in [-0.39, 0.29) is 0 Å². The Morgan fingerprint density at radius 2 is 2.33 bits per heavy atom. The monoisotopic (exact) mass is 129 g/mol. The highest BCUT2D eigenvalue weighted by molar-refractivity contribution is 4.93. The van der Waals surface area contributed by atoms with E-state index in [1.54, 1.807) is 0 Å². The van der Waals surface area contributed by atoms with Gasteiger partial charge in [-0.25, -0.2) is 0 Å². The van der Waals surface area contributed by atoms with Crippen molar-refractivity contribution in [3.05, 3.63) is 0 Å². The molecular weight excluding hydrogens is 114 g/mol. The third-order valence-electron chi connectivity index (χ3n) is 1.92. The maximum absolute atomic E-state index is 5.62. The molecule has 1 rings (SSSR count). The highest BCUT2D eigenvalue weighted by atomic mass is 16.5. The Balaban J connectivity index is 2.11. The molecule has 0 aromatic rings. The largest absolute Gasteiger partial charge is 0.378 e. The van der Waals surface area contributed by atoms with Gasteiger partial charge in [0, 0.05) is 18.6 Å². The van der Waals surface area contributed by atoms with Crippen molar-refractivity contribution < 1.29 is 4.74 Å². The Morgan fingerprint density at radius 3 is 2.67 bits per heavy atom. The van der Waals surface area contributed by atoms with Gasteiger partial charge >= 0.3 is 0 Å². The van der Waals surface area contributed by atoms with Crippen LogP contribution in [-0.4, -0.2) is 18.8 Å². The van der Waals surface area contributed by atoms with Crippen LogP contribution in [0.25, 0.3) is 0 Å². The number of rotatable bonds is 3. The highest BCUT2D eigenvalue weighted by Gasteiger charge is 2.38. The van der Waals surface area contributed by atoms with Crippen LogP contribution in [0.4, 0.5) is 0 Å². The van der Waals surface area contributed by atoms with Gasteiger partial charge in [0.1, 0.15) is 0 Å². The molecule has 0 heterocycles. The molecular formula is C7H15NO. The zero-order valence-corrected chi connectivity index (χ0v) is 6.13. The minimum Gasteiger partial charge on any atom is -0.378 e. The fourth-order valence-corrected chi connectivity index (χ4v) is 1.16. The molecule has 0 spiro atoms. The summed E-state index contributed by atoms with van der Waals surface area (Å²) in [5, 5.41) is 0. The van der Waals surface area contributed by atoms with Crippen molar-refractivity contribution in [3.8, 4) is 0 Å². The van der Waals surface area contributed by atoms with Crippen molar-refractivity contribution in [2.24, 2.45) is 11.7 Å². The predicted molar refractivity (Wildman–Crippen MR) is 37.2 cm³/mol. The SMILES string of the molecule is CCOC(C)C1CC1N. The Morgan fingerprint density at radius 1 is 1.78 bits per heavy atom. The van der Waals surface area contributed by atoms with Crippen LogP contribution in [0.15, 0.2) is 0 Å². The molecule has 0 bridgehead atoms. The smallest absolute Gasteiger partial charge is 0.0590 e. The molecule has 1 saturated carbocycles. The molecule has 54 valence electrons. The fraction of sp³-hybridized carbons (Fsp3) is 1.00. The lowest BCUT2D eigenvalue weighted by molar-refractivity contribution is 0.0596. The van der Waals surface area contributed by atoms with Gasteiger partial charge in [0.15, 0.2) is 0 Å².